The molecule has 11 atom stereocenters. The Morgan fingerprint density at radius 2 is 1.20 bits per heavy atom. The molecule has 0 aliphatic carbocycles. The molecule has 35 heavy (non-hydrogen) atoms. The maximum absolute atomic E-state index is 10.7. The van der Waals surface area contributed by atoms with Crippen LogP contribution >= 0.6 is 0 Å². The van der Waals surface area contributed by atoms with E-state index >= 15 is 0 Å². The van der Waals surface area contributed by atoms with Gasteiger partial charge in [0.25, 0.3) is 0 Å². The summed E-state index contributed by atoms with van der Waals surface area (Å²) in [6.45, 7) is 2.82. The molecule has 11 heteroatoms. The second kappa shape index (κ2) is 15.7. The lowest BCUT2D eigenvalue weighted by molar-refractivity contribution is -0.362. The third-order valence-corrected chi connectivity index (χ3v) is 6.79. The molecule has 0 aromatic carbocycles. The van der Waals surface area contributed by atoms with Gasteiger partial charge in [0.1, 0.15) is 48.8 Å². The summed E-state index contributed by atoms with van der Waals surface area (Å²) in [5.41, 5.74) is 0. The van der Waals surface area contributed by atoms with Crippen molar-refractivity contribution in [1.29, 1.82) is 0 Å². The van der Waals surface area contributed by atoms with Crippen molar-refractivity contribution in [3.63, 3.8) is 0 Å². The lowest BCUT2D eigenvalue weighted by atomic mass is 9.97. The molecule has 2 aliphatic heterocycles. The molecule has 0 aromatic rings. The van der Waals surface area contributed by atoms with E-state index in [2.05, 4.69) is 6.92 Å². The van der Waals surface area contributed by atoms with E-state index < -0.39 is 74.6 Å². The first-order valence-electron chi connectivity index (χ1n) is 13.0. The molecule has 0 bridgehead atoms. The average Bonchev–Trinajstić information content (AvgIpc) is 2.85. The Hall–Kier alpha value is -0.440. The Bertz CT molecular complexity index is 564. The summed E-state index contributed by atoms with van der Waals surface area (Å²) >= 11 is 0. The summed E-state index contributed by atoms with van der Waals surface area (Å²) in [4.78, 5) is 0. The predicted molar refractivity (Wildman–Crippen MR) is 124 cm³/mol. The normalized spacial score (nSPS) is 39.0. The van der Waals surface area contributed by atoms with Gasteiger partial charge in [0.2, 0.25) is 0 Å². The van der Waals surface area contributed by atoms with Crippen LogP contribution in [0.5, 0.6) is 0 Å². The summed E-state index contributed by atoms with van der Waals surface area (Å²) < 4.78 is 22.3. The number of rotatable bonds is 15. The summed E-state index contributed by atoms with van der Waals surface area (Å²) in [7, 11) is 0. The summed E-state index contributed by atoms with van der Waals surface area (Å²) in [6, 6.07) is 0. The highest BCUT2D eigenvalue weighted by atomic mass is 16.7. The zero-order chi connectivity index (χ0) is 26.0. The van der Waals surface area contributed by atoms with Crippen LogP contribution in [0.1, 0.15) is 71.6 Å². The minimum atomic E-state index is -1.70. The number of ether oxygens (including phenoxy) is 4. The molecule has 2 saturated heterocycles. The van der Waals surface area contributed by atoms with Crippen molar-refractivity contribution >= 4 is 0 Å². The molecular weight excluding hydrogens is 464 g/mol. The predicted octanol–water partition coefficient (Wildman–Crippen LogP) is -0.454. The number of aliphatic hydroxyl groups is 7. The van der Waals surface area contributed by atoms with E-state index in [1.54, 1.807) is 0 Å². The Kier molecular flexibility index (Phi) is 13.8. The van der Waals surface area contributed by atoms with Gasteiger partial charge >= 0.3 is 0 Å². The van der Waals surface area contributed by atoms with Crippen LogP contribution in [0.15, 0.2) is 0 Å². The van der Waals surface area contributed by atoms with Crippen LogP contribution in [0.25, 0.3) is 0 Å². The van der Waals surface area contributed by atoms with Crippen LogP contribution < -0.4 is 0 Å². The van der Waals surface area contributed by atoms with E-state index in [1.807, 2.05) is 6.92 Å². The van der Waals surface area contributed by atoms with Crippen LogP contribution in [0.3, 0.4) is 0 Å². The molecule has 0 radical (unpaired) electrons. The summed E-state index contributed by atoms with van der Waals surface area (Å²) in [5.74, 6) is 0. The standard InChI is InChI=1S/C24H46O11/c1-3-4-5-6-7-8-9-10-11-14(2)32-23-21(31)19(29)22(16(13-26)34-23)35-24-20(30)18(28)17(27)15(12-25)33-24/h14-31H,3-13H2,1-2H3/t14?,15?,16?,17-,18?,19?,20?,21?,22-,23-,24-/m1/s1. The maximum Gasteiger partial charge on any atom is 0.187 e. The van der Waals surface area contributed by atoms with Gasteiger partial charge in [0.15, 0.2) is 12.6 Å². The first kappa shape index (κ1) is 30.8. The van der Waals surface area contributed by atoms with Gasteiger partial charge in [0, 0.05) is 0 Å². The first-order chi connectivity index (χ1) is 16.7. The van der Waals surface area contributed by atoms with Crippen molar-refractivity contribution in [3.8, 4) is 0 Å². The van der Waals surface area contributed by atoms with Crippen LogP contribution in [0, 0.1) is 0 Å². The lowest BCUT2D eigenvalue weighted by Gasteiger charge is -2.46. The molecule has 2 rings (SSSR count). The molecule has 0 amide bonds. The van der Waals surface area contributed by atoms with Crippen LogP contribution in [-0.4, -0.2) is 116 Å². The third-order valence-electron chi connectivity index (χ3n) is 6.79. The molecule has 11 nitrogen and oxygen atoms in total. The first-order valence-corrected chi connectivity index (χ1v) is 13.0. The molecular formula is C24H46O11. The highest BCUT2D eigenvalue weighted by Crippen LogP contribution is 2.30. The van der Waals surface area contributed by atoms with Crippen LogP contribution in [-0.2, 0) is 18.9 Å². The van der Waals surface area contributed by atoms with E-state index in [9.17, 15) is 35.7 Å². The minimum absolute atomic E-state index is 0.246. The molecule has 7 unspecified atom stereocenters. The molecule has 2 aliphatic rings. The van der Waals surface area contributed by atoms with Gasteiger partial charge < -0.3 is 54.7 Å². The van der Waals surface area contributed by atoms with E-state index in [0.717, 1.165) is 19.3 Å². The second-order valence-electron chi connectivity index (χ2n) is 9.71. The van der Waals surface area contributed by atoms with Gasteiger partial charge in [0.05, 0.1) is 19.3 Å². The lowest BCUT2D eigenvalue weighted by Crippen LogP contribution is -2.64. The van der Waals surface area contributed by atoms with Crippen LogP contribution in [0.2, 0.25) is 0 Å². The van der Waals surface area contributed by atoms with E-state index in [0.29, 0.717) is 0 Å². The molecule has 7 N–H and O–H groups in total. The smallest absolute Gasteiger partial charge is 0.187 e. The van der Waals surface area contributed by atoms with Crippen LogP contribution in [0.4, 0.5) is 0 Å². The zero-order valence-electron chi connectivity index (χ0n) is 20.9. The van der Waals surface area contributed by atoms with Gasteiger partial charge in [-0.25, -0.2) is 0 Å². The quantitative estimate of drug-likeness (QED) is 0.142. The summed E-state index contributed by atoms with van der Waals surface area (Å²) in [6.07, 6.45) is -4.40. The fourth-order valence-electron chi connectivity index (χ4n) is 4.53. The van der Waals surface area contributed by atoms with E-state index in [-0.39, 0.29) is 6.10 Å². The zero-order valence-corrected chi connectivity index (χ0v) is 20.9. The molecule has 2 fully saturated rings. The number of hydrogen-bond acceptors (Lipinski definition) is 11. The Morgan fingerprint density at radius 1 is 0.657 bits per heavy atom. The topological polar surface area (TPSA) is 179 Å². The monoisotopic (exact) mass is 510 g/mol. The van der Waals surface area contributed by atoms with Crippen molar-refractivity contribution in [2.24, 2.45) is 0 Å². The number of unbranched alkanes of at least 4 members (excludes halogenated alkanes) is 7. The molecule has 208 valence electrons. The summed E-state index contributed by atoms with van der Waals surface area (Å²) in [5, 5.41) is 70.4. The highest BCUT2D eigenvalue weighted by molar-refractivity contribution is 4.94. The van der Waals surface area contributed by atoms with E-state index in [1.165, 1.54) is 38.5 Å². The van der Waals surface area contributed by atoms with Crippen molar-refractivity contribution in [3.05, 3.63) is 0 Å². The van der Waals surface area contributed by atoms with Crippen molar-refractivity contribution in [2.75, 3.05) is 13.2 Å². The van der Waals surface area contributed by atoms with Crippen molar-refractivity contribution in [1.82, 2.24) is 0 Å². The Balaban J connectivity index is 1.84. The molecule has 2 heterocycles. The van der Waals surface area contributed by atoms with Gasteiger partial charge in [-0.2, -0.15) is 0 Å². The minimum Gasteiger partial charge on any atom is -0.394 e. The third kappa shape index (κ3) is 8.82. The van der Waals surface area contributed by atoms with Gasteiger partial charge in [-0.3, -0.25) is 0 Å². The van der Waals surface area contributed by atoms with Crippen molar-refractivity contribution in [2.45, 2.75) is 139 Å². The fourth-order valence-corrected chi connectivity index (χ4v) is 4.53. The Morgan fingerprint density at radius 3 is 1.80 bits per heavy atom. The largest absolute Gasteiger partial charge is 0.394 e. The molecule has 0 spiro atoms. The SMILES string of the molecule is CCCCCCCCCCC(C)O[C@@H]1OC(CO)[C@@H](O[C@H]2OC(CO)[C@@H](O)C(O)C2O)C(O)C1O. The van der Waals surface area contributed by atoms with Gasteiger partial charge in [-0.1, -0.05) is 58.3 Å². The molecule has 0 aromatic heterocycles. The number of aliphatic hydroxyl groups excluding tert-OH is 7. The Labute approximate surface area is 207 Å². The fraction of sp³-hybridized carbons (Fsp3) is 1.00. The van der Waals surface area contributed by atoms with Gasteiger partial charge in [-0.15, -0.1) is 0 Å². The maximum atomic E-state index is 10.7. The molecule has 0 saturated carbocycles. The van der Waals surface area contributed by atoms with Gasteiger partial charge in [-0.05, 0) is 13.3 Å². The van der Waals surface area contributed by atoms with Crippen molar-refractivity contribution < 1.29 is 54.7 Å². The number of hydrogen-bond donors (Lipinski definition) is 7. The highest BCUT2D eigenvalue weighted by Gasteiger charge is 2.50. The second-order valence-corrected chi connectivity index (χ2v) is 9.71. The average molecular weight is 511 g/mol. The van der Waals surface area contributed by atoms with E-state index in [4.69, 9.17) is 18.9 Å².